The number of nitrogens with one attached hydrogen (secondary N) is 2. The summed E-state index contributed by atoms with van der Waals surface area (Å²) in [4.78, 5) is 4.50. The summed E-state index contributed by atoms with van der Waals surface area (Å²) in [5.74, 6) is 0. The van der Waals surface area contributed by atoms with E-state index in [1.54, 1.807) is 0 Å². The zero-order valence-corrected chi connectivity index (χ0v) is 12.7. The summed E-state index contributed by atoms with van der Waals surface area (Å²) in [7, 11) is 0. The fraction of sp³-hybridized carbons (Fsp3) is 0.562. The molecule has 0 radical (unpaired) electrons. The summed E-state index contributed by atoms with van der Waals surface area (Å²) < 4.78 is 5.76. The molecule has 0 spiro atoms. The molecular formula is C16H23N3O. The SMILES string of the molecule is CC1(C)CC(Nc2nc3ccccc3o2)CC(C)(C)N1. The lowest BCUT2D eigenvalue weighted by Gasteiger charge is -2.46. The van der Waals surface area contributed by atoms with Crippen molar-refractivity contribution < 1.29 is 4.42 Å². The molecule has 2 heterocycles. The van der Waals surface area contributed by atoms with Crippen molar-refractivity contribution in [1.82, 2.24) is 10.3 Å². The van der Waals surface area contributed by atoms with Gasteiger partial charge in [0.05, 0.1) is 0 Å². The number of para-hydroxylation sites is 2. The Morgan fingerprint density at radius 3 is 2.45 bits per heavy atom. The fourth-order valence-electron chi connectivity index (χ4n) is 3.53. The van der Waals surface area contributed by atoms with Crippen molar-refractivity contribution in [2.75, 3.05) is 5.32 Å². The third-order valence-electron chi connectivity index (χ3n) is 3.81. The fourth-order valence-corrected chi connectivity index (χ4v) is 3.53. The summed E-state index contributed by atoms with van der Waals surface area (Å²) >= 11 is 0. The van der Waals surface area contributed by atoms with Crippen LogP contribution in [0.15, 0.2) is 28.7 Å². The first-order chi connectivity index (χ1) is 9.33. The molecule has 1 fully saturated rings. The first-order valence-corrected chi connectivity index (χ1v) is 7.25. The van der Waals surface area contributed by atoms with E-state index in [1.165, 1.54) is 0 Å². The second-order valence-electron chi connectivity index (χ2n) is 7.13. The van der Waals surface area contributed by atoms with Crippen molar-refractivity contribution in [3.8, 4) is 0 Å². The Balaban J connectivity index is 1.79. The molecule has 3 rings (SSSR count). The van der Waals surface area contributed by atoms with Crippen LogP contribution in [0.2, 0.25) is 0 Å². The molecule has 1 aliphatic rings. The largest absolute Gasteiger partial charge is 0.424 e. The molecule has 2 N–H and O–H groups in total. The number of piperidine rings is 1. The average Bonchev–Trinajstić information content (AvgIpc) is 2.66. The minimum absolute atomic E-state index is 0.117. The molecule has 1 aromatic carbocycles. The van der Waals surface area contributed by atoms with E-state index in [0.29, 0.717) is 12.1 Å². The monoisotopic (exact) mass is 273 g/mol. The molecule has 0 atom stereocenters. The number of rotatable bonds is 2. The molecule has 0 bridgehead atoms. The zero-order valence-electron chi connectivity index (χ0n) is 12.7. The maximum absolute atomic E-state index is 5.76. The Morgan fingerprint density at radius 1 is 1.15 bits per heavy atom. The van der Waals surface area contributed by atoms with Crippen molar-refractivity contribution >= 4 is 17.1 Å². The summed E-state index contributed by atoms with van der Waals surface area (Å²) in [5.41, 5.74) is 1.97. The maximum Gasteiger partial charge on any atom is 0.295 e. The molecule has 0 unspecified atom stereocenters. The standard InChI is InChI=1S/C16H23N3O/c1-15(2)9-11(10-16(3,4)19-15)17-14-18-12-7-5-6-8-13(12)20-14/h5-8,11,19H,9-10H2,1-4H3,(H,17,18). The molecule has 1 saturated heterocycles. The van der Waals surface area contributed by atoms with Gasteiger partial charge in [-0.25, -0.2) is 0 Å². The first-order valence-electron chi connectivity index (χ1n) is 7.25. The quantitative estimate of drug-likeness (QED) is 0.878. The highest BCUT2D eigenvalue weighted by Crippen LogP contribution is 2.30. The van der Waals surface area contributed by atoms with Crippen LogP contribution in [0.4, 0.5) is 6.01 Å². The molecule has 1 aromatic heterocycles. The van der Waals surface area contributed by atoms with E-state index >= 15 is 0 Å². The van der Waals surface area contributed by atoms with Gasteiger partial charge < -0.3 is 15.1 Å². The number of aromatic nitrogens is 1. The van der Waals surface area contributed by atoms with Gasteiger partial charge in [0.25, 0.3) is 6.01 Å². The molecular weight excluding hydrogens is 250 g/mol. The number of fused-ring (bicyclic) bond motifs is 1. The van der Waals surface area contributed by atoms with Gasteiger partial charge in [0.2, 0.25) is 0 Å². The summed E-state index contributed by atoms with van der Waals surface area (Å²) in [6.07, 6.45) is 2.10. The summed E-state index contributed by atoms with van der Waals surface area (Å²) in [6.45, 7) is 8.98. The highest BCUT2D eigenvalue weighted by molar-refractivity contribution is 5.74. The van der Waals surface area contributed by atoms with E-state index in [1.807, 2.05) is 24.3 Å². The summed E-state index contributed by atoms with van der Waals surface area (Å²) in [5, 5.41) is 7.15. The topological polar surface area (TPSA) is 50.1 Å². The van der Waals surface area contributed by atoms with Gasteiger partial charge in [0.15, 0.2) is 5.58 Å². The van der Waals surface area contributed by atoms with Crippen LogP contribution < -0.4 is 10.6 Å². The Kier molecular flexibility index (Phi) is 3.01. The zero-order chi connectivity index (χ0) is 14.4. The normalized spacial score (nSPS) is 22.0. The Bertz CT molecular complexity index is 566. The smallest absolute Gasteiger partial charge is 0.295 e. The lowest BCUT2D eigenvalue weighted by molar-refractivity contribution is 0.169. The number of nitrogens with zero attached hydrogens (tertiary/aromatic N) is 1. The molecule has 4 heteroatoms. The van der Waals surface area contributed by atoms with Gasteiger partial charge in [-0.05, 0) is 52.7 Å². The predicted molar refractivity (Wildman–Crippen MR) is 81.9 cm³/mol. The van der Waals surface area contributed by atoms with Crippen molar-refractivity contribution in [1.29, 1.82) is 0 Å². The van der Waals surface area contributed by atoms with Crippen LogP contribution in [0.1, 0.15) is 40.5 Å². The number of hydrogen-bond donors (Lipinski definition) is 2. The van der Waals surface area contributed by atoms with Crippen LogP contribution >= 0.6 is 0 Å². The van der Waals surface area contributed by atoms with Gasteiger partial charge in [-0.1, -0.05) is 12.1 Å². The predicted octanol–water partition coefficient (Wildman–Crippen LogP) is 3.55. The van der Waals surface area contributed by atoms with Crippen molar-refractivity contribution in [3.63, 3.8) is 0 Å². The van der Waals surface area contributed by atoms with Crippen LogP contribution in [-0.2, 0) is 0 Å². The van der Waals surface area contributed by atoms with Crippen molar-refractivity contribution in [3.05, 3.63) is 24.3 Å². The van der Waals surface area contributed by atoms with Gasteiger partial charge in [-0.3, -0.25) is 0 Å². The van der Waals surface area contributed by atoms with Crippen LogP contribution in [0.5, 0.6) is 0 Å². The highest BCUT2D eigenvalue weighted by Gasteiger charge is 2.38. The van der Waals surface area contributed by atoms with Gasteiger partial charge in [-0.2, -0.15) is 4.98 Å². The lowest BCUT2D eigenvalue weighted by Crippen LogP contribution is -2.60. The molecule has 108 valence electrons. The number of anilines is 1. The second kappa shape index (κ2) is 4.48. The van der Waals surface area contributed by atoms with Crippen LogP contribution in [0.3, 0.4) is 0 Å². The van der Waals surface area contributed by atoms with Gasteiger partial charge in [-0.15, -0.1) is 0 Å². The molecule has 2 aromatic rings. The third kappa shape index (κ3) is 2.80. The number of benzene rings is 1. The van der Waals surface area contributed by atoms with Gasteiger partial charge in [0.1, 0.15) is 5.52 Å². The van der Waals surface area contributed by atoms with Gasteiger partial charge in [0, 0.05) is 17.1 Å². The summed E-state index contributed by atoms with van der Waals surface area (Å²) in [6, 6.07) is 8.86. The van der Waals surface area contributed by atoms with E-state index in [9.17, 15) is 0 Å². The molecule has 20 heavy (non-hydrogen) atoms. The Morgan fingerprint density at radius 2 is 1.80 bits per heavy atom. The van der Waals surface area contributed by atoms with Gasteiger partial charge >= 0.3 is 0 Å². The van der Waals surface area contributed by atoms with E-state index in [0.717, 1.165) is 23.9 Å². The number of oxazole rings is 1. The lowest BCUT2D eigenvalue weighted by atomic mass is 9.80. The first kappa shape index (κ1) is 13.4. The van der Waals surface area contributed by atoms with Crippen molar-refractivity contribution in [2.45, 2.75) is 57.7 Å². The molecule has 0 amide bonds. The molecule has 1 aliphatic heterocycles. The molecule has 4 nitrogen and oxygen atoms in total. The molecule has 0 aliphatic carbocycles. The maximum atomic E-state index is 5.76. The average molecular weight is 273 g/mol. The third-order valence-corrected chi connectivity index (χ3v) is 3.81. The van der Waals surface area contributed by atoms with E-state index < -0.39 is 0 Å². The van der Waals surface area contributed by atoms with Crippen molar-refractivity contribution in [2.24, 2.45) is 0 Å². The Hall–Kier alpha value is -1.55. The van der Waals surface area contributed by atoms with Crippen LogP contribution in [0.25, 0.3) is 11.1 Å². The van der Waals surface area contributed by atoms with Crippen LogP contribution in [0, 0.1) is 0 Å². The van der Waals surface area contributed by atoms with E-state index in [4.69, 9.17) is 4.42 Å². The second-order valence-corrected chi connectivity index (χ2v) is 7.13. The van der Waals surface area contributed by atoms with E-state index in [-0.39, 0.29) is 11.1 Å². The highest BCUT2D eigenvalue weighted by atomic mass is 16.4. The van der Waals surface area contributed by atoms with Crippen LogP contribution in [-0.4, -0.2) is 22.1 Å². The minimum Gasteiger partial charge on any atom is -0.424 e. The number of hydrogen-bond acceptors (Lipinski definition) is 4. The Labute approximate surface area is 120 Å². The van der Waals surface area contributed by atoms with E-state index in [2.05, 4.69) is 43.3 Å². The minimum atomic E-state index is 0.117. The molecule has 0 saturated carbocycles.